The van der Waals surface area contributed by atoms with Crippen LogP contribution in [0.3, 0.4) is 0 Å². The molecule has 0 bridgehead atoms. The zero-order valence-electron chi connectivity index (χ0n) is 12.3. The summed E-state index contributed by atoms with van der Waals surface area (Å²) in [6.45, 7) is 5.52. The molecule has 1 aromatic carbocycles. The molecule has 0 saturated heterocycles. The minimum absolute atomic E-state index is 0.450. The van der Waals surface area contributed by atoms with Gasteiger partial charge < -0.3 is 10.3 Å². The average molecular weight is 269 g/mol. The van der Waals surface area contributed by atoms with E-state index in [1.54, 1.807) is 0 Å². The number of fused-ring (bicyclic) bond motifs is 1. The molecule has 3 heteroatoms. The molecular weight excluding hydrogens is 246 g/mol. The second kappa shape index (κ2) is 5.31. The third-order valence-electron chi connectivity index (χ3n) is 4.44. The van der Waals surface area contributed by atoms with Crippen LogP contribution >= 0.6 is 0 Å². The van der Waals surface area contributed by atoms with Gasteiger partial charge in [-0.25, -0.2) is 4.98 Å². The Labute approximate surface area is 120 Å². The van der Waals surface area contributed by atoms with Crippen molar-refractivity contribution in [3.8, 4) is 0 Å². The van der Waals surface area contributed by atoms with Crippen LogP contribution in [0.15, 0.2) is 30.3 Å². The minimum atomic E-state index is 0.450. The van der Waals surface area contributed by atoms with Crippen LogP contribution in [0.5, 0.6) is 0 Å². The summed E-state index contributed by atoms with van der Waals surface area (Å²) in [7, 11) is 0. The highest BCUT2D eigenvalue weighted by Crippen LogP contribution is 2.31. The van der Waals surface area contributed by atoms with Crippen LogP contribution in [-0.4, -0.2) is 9.55 Å². The number of nitrogens with zero attached hydrogens (tertiary/aromatic N) is 2. The topological polar surface area (TPSA) is 43.8 Å². The SMILES string of the molecule is CC(Cc1nc2n(c1N)CCCC2C)c1ccccc1. The standard InChI is InChI=1S/C17H23N3/c1-12-7-6-10-20-16(18)15(19-17(12)20)11-13(2)14-8-4-3-5-9-14/h3-5,8-9,12-13H,6-7,10-11,18H2,1-2H3. The van der Waals surface area contributed by atoms with Gasteiger partial charge in [-0.2, -0.15) is 0 Å². The third kappa shape index (κ3) is 2.33. The summed E-state index contributed by atoms with van der Waals surface area (Å²) in [6, 6.07) is 10.6. The maximum Gasteiger partial charge on any atom is 0.126 e. The first-order chi connectivity index (χ1) is 9.66. The summed E-state index contributed by atoms with van der Waals surface area (Å²) in [5.41, 5.74) is 8.74. The van der Waals surface area contributed by atoms with Gasteiger partial charge >= 0.3 is 0 Å². The van der Waals surface area contributed by atoms with E-state index in [2.05, 4.69) is 48.7 Å². The molecule has 2 atom stereocenters. The Kier molecular flexibility index (Phi) is 3.51. The maximum atomic E-state index is 6.31. The molecule has 1 aromatic heterocycles. The van der Waals surface area contributed by atoms with Crippen LogP contribution in [0, 0.1) is 0 Å². The normalized spacial score (nSPS) is 19.6. The molecule has 0 spiro atoms. The lowest BCUT2D eigenvalue weighted by Gasteiger charge is -2.20. The zero-order valence-corrected chi connectivity index (χ0v) is 12.3. The number of nitrogen functional groups attached to an aromatic ring is 1. The number of nitrogens with two attached hydrogens (primary N) is 1. The van der Waals surface area contributed by atoms with Gasteiger partial charge in [0.2, 0.25) is 0 Å². The van der Waals surface area contributed by atoms with Crippen LogP contribution in [0.4, 0.5) is 5.82 Å². The fourth-order valence-electron chi connectivity index (χ4n) is 3.17. The molecule has 3 rings (SSSR count). The second-order valence-corrected chi connectivity index (χ2v) is 6.01. The van der Waals surface area contributed by atoms with E-state index in [1.165, 1.54) is 24.2 Å². The molecule has 3 nitrogen and oxygen atoms in total. The first-order valence-corrected chi connectivity index (χ1v) is 7.56. The summed E-state index contributed by atoms with van der Waals surface area (Å²) < 4.78 is 2.22. The van der Waals surface area contributed by atoms with Crippen molar-refractivity contribution in [2.45, 2.75) is 51.5 Å². The fourth-order valence-corrected chi connectivity index (χ4v) is 3.17. The molecule has 0 fully saturated rings. The Balaban J connectivity index is 1.85. The lowest BCUT2D eigenvalue weighted by molar-refractivity contribution is 0.467. The van der Waals surface area contributed by atoms with Crippen molar-refractivity contribution in [1.29, 1.82) is 0 Å². The van der Waals surface area contributed by atoms with Crippen molar-refractivity contribution < 1.29 is 0 Å². The van der Waals surface area contributed by atoms with E-state index in [0.717, 1.165) is 24.5 Å². The molecule has 0 amide bonds. The first-order valence-electron chi connectivity index (χ1n) is 7.56. The largest absolute Gasteiger partial charge is 0.384 e. The van der Waals surface area contributed by atoms with Gasteiger partial charge in [0.15, 0.2) is 0 Å². The van der Waals surface area contributed by atoms with Crippen molar-refractivity contribution in [3.63, 3.8) is 0 Å². The van der Waals surface area contributed by atoms with E-state index in [1.807, 2.05) is 0 Å². The average Bonchev–Trinajstić information content (AvgIpc) is 2.79. The van der Waals surface area contributed by atoms with Gasteiger partial charge in [-0.05, 0) is 30.7 Å². The minimum Gasteiger partial charge on any atom is -0.384 e. The predicted octanol–water partition coefficient (Wildman–Crippen LogP) is 3.71. The number of hydrogen-bond donors (Lipinski definition) is 1. The summed E-state index contributed by atoms with van der Waals surface area (Å²) in [4.78, 5) is 4.83. The molecule has 2 N–H and O–H groups in total. The third-order valence-corrected chi connectivity index (χ3v) is 4.44. The molecule has 20 heavy (non-hydrogen) atoms. The van der Waals surface area contributed by atoms with Crippen molar-refractivity contribution in [2.75, 3.05) is 5.73 Å². The summed E-state index contributed by atoms with van der Waals surface area (Å²) in [5, 5.41) is 0. The highest BCUT2D eigenvalue weighted by molar-refractivity contribution is 5.40. The molecule has 2 unspecified atom stereocenters. The van der Waals surface area contributed by atoms with E-state index >= 15 is 0 Å². The Hall–Kier alpha value is -1.77. The van der Waals surface area contributed by atoms with Gasteiger partial charge in [0, 0.05) is 12.5 Å². The number of benzene rings is 1. The molecule has 0 saturated carbocycles. The lowest BCUT2D eigenvalue weighted by atomic mass is 9.96. The monoisotopic (exact) mass is 269 g/mol. The number of hydrogen-bond acceptors (Lipinski definition) is 2. The number of anilines is 1. The van der Waals surface area contributed by atoms with Gasteiger partial charge in [0.25, 0.3) is 0 Å². The van der Waals surface area contributed by atoms with Gasteiger partial charge in [0.1, 0.15) is 11.6 Å². The summed E-state index contributed by atoms with van der Waals surface area (Å²) >= 11 is 0. The molecule has 0 radical (unpaired) electrons. The zero-order chi connectivity index (χ0) is 14.1. The van der Waals surface area contributed by atoms with Crippen molar-refractivity contribution in [3.05, 3.63) is 47.4 Å². The molecule has 106 valence electrons. The molecule has 2 heterocycles. The molecule has 0 aliphatic carbocycles. The van der Waals surface area contributed by atoms with Gasteiger partial charge in [-0.15, -0.1) is 0 Å². The summed E-state index contributed by atoms with van der Waals surface area (Å²) in [5.74, 6) is 3.05. The highest BCUT2D eigenvalue weighted by Gasteiger charge is 2.23. The Morgan fingerprint density at radius 3 is 2.80 bits per heavy atom. The molecular formula is C17H23N3. The van der Waals surface area contributed by atoms with Crippen LogP contribution in [0.1, 0.15) is 55.6 Å². The van der Waals surface area contributed by atoms with Crippen LogP contribution < -0.4 is 5.73 Å². The smallest absolute Gasteiger partial charge is 0.126 e. The van der Waals surface area contributed by atoms with Gasteiger partial charge in [0.05, 0.1) is 5.69 Å². The van der Waals surface area contributed by atoms with E-state index < -0.39 is 0 Å². The first kappa shape index (κ1) is 13.2. The second-order valence-electron chi connectivity index (χ2n) is 6.01. The van der Waals surface area contributed by atoms with E-state index in [9.17, 15) is 0 Å². The highest BCUT2D eigenvalue weighted by atomic mass is 15.2. The van der Waals surface area contributed by atoms with Crippen LogP contribution in [-0.2, 0) is 13.0 Å². The fraction of sp³-hybridized carbons (Fsp3) is 0.471. The Morgan fingerprint density at radius 2 is 2.10 bits per heavy atom. The number of rotatable bonds is 3. The molecule has 1 aliphatic heterocycles. The van der Waals surface area contributed by atoms with Crippen LogP contribution in [0.25, 0.3) is 0 Å². The lowest BCUT2D eigenvalue weighted by Crippen LogP contribution is -2.15. The van der Waals surface area contributed by atoms with E-state index in [0.29, 0.717) is 11.8 Å². The Morgan fingerprint density at radius 1 is 1.35 bits per heavy atom. The quantitative estimate of drug-likeness (QED) is 0.923. The predicted molar refractivity (Wildman–Crippen MR) is 82.8 cm³/mol. The van der Waals surface area contributed by atoms with E-state index in [-0.39, 0.29) is 0 Å². The Bertz CT molecular complexity index is 586. The van der Waals surface area contributed by atoms with E-state index in [4.69, 9.17) is 10.7 Å². The van der Waals surface area contributed by atoms with Crippen molar-refractivity contribution >= 4 is 5.82 Å². The molecule has 2 aromatic rings. The summed E-state index contributed by atoms with van der Waals surface area (Å²) in [6.07, 6.45) is 3.36. The maximum absolute atomic E-state index is 6.31. The van der Waals surface area contributed by atoms with Crippen molar-refractivity contribution in [2.24, 2.45) is 0 Å². The van der Waals surface area contributed by atoms with Gasteiger partial charge in [-0.1, -0.05) is 44.2 Å². The number of aromatic nitrogens is 2. The van der Waals surface area contributed by atoms with Gasteiger partial charge in [-0.3, -0.25) is 0 Å². The van der Waals surface area contributed by atoms with Crippen molar-refractivity contribution in [1.82, 2.24) is 9.55 Å². The van der Waals surface area contributed by atoms with Crippen LogP contribution in [0.2, 0.25) is 0 Å². The molecule has 1 aliphatic rings. The number of imidazole rings is 1.